The highest BCUT2D eigenvalue weighted by atomic mass is 16.5. The first-order chi connectivity index (χ1) is 26.6. The summed E-state index contributed by atoms with van der Waals surface area (Å²) in [5.41, 5.74) is 11.6. The summed E-state index contributed by atoms with van der Waals surface area (Å²) in [6.45, 7) is 4.46. The second-order valence-corrected chi connectivity index (χ2v) is 14.6. The van der Waals surface area contributed by atoms with Gasteiger partial charge in [0.2, 0.25) is 0 Å². The van der Waals surface area contributed by atoms with Crippen LogP contribution in [-0.4, -0.2) is 25.6 Å². The number of para-hydroxylation sites is 2. The second kappa shape index (κ2) is 13.3. The molecule has 8 aromatic rings. The summed E-state index contributed by atoms with van der Waals surface area (Å²) in [5.74, 6) is 3.38. The van der Waals surface area contributed by atoms with Crippen LogP contribution < -0.4 is 4.74 Å². The number of fused-ring (bicyclic) bond motifs is 6. The summed E-state index contributed by atoms with van der Waals surface area (Å²) >= 11 is 0. The first kappa shape index (κ1) is 32.3. The van der Waals surface area contributed by atoms with E-state index in [-0.39, 0.29) is 12.0 Å². The fourth-order valence-electron chi connectivity index (χ4n) is 8.74. The third-order valence-corrected chi connectivity index (χ3v) is 11.4. The van der Waals surface area contributed by atoms with Crippen molar-refractivity contribution in [2.45, 2.75) is 51.0 Å². The molecule has 6 aromatic carbocycles. The van der Waals surface area contributed by atoms with Gasteiger partial charge in [0, 0.05) is 45.0 Å². The lowest BCUT2D eigenvalue weighted by molar-refractivity contribution is 0.244. The van der Waals surface area contributed by atoms with Crippen LogP contribution in [0.5, 0.6) is 5.75 Å². The molecule has 0 fully saturated rings. The van der Waals surface area contributed by atoms with Crippen LogP contribution in [0.1, 0.15) is 60.5 Å². The number of benzene rings is 6. The van der Waals surface area contributed by atoms with E-state index < -0.39 is 0 Å². The average Bonchev–Trinajstić information content (AvgIpc) is 3.76. The molecule has 54 heavy (non-hydrogen) atoms. The van der Waals surface area contributed by atoms with E-state index in [1.807, 2.05) is 18.2 Å². The van der Waals surface area contributed by atoms with Crippen molar-refractivity contribution in [1.82, 2.24) is 19.5 Å². The van der Waals surface area contributed by atoms with Gasteiger partial charge in [-0.1, -0.05) is 116 Å². The second-order valence-electron chi connectivity index (χ2n) is 14.6. The van der Waals surface area contributed by atoms with Gasteiger partial charge >= 0.3 is 0 Å². The van der Waals surface area contributed by atoms with Crippen LogP contribution in [0, 0.1) is 6.92 Å². The van der Waals surface area contributed by atoms with Gasteiger partial charge in [-0.3, -0.25) is 0 Å². The molecule has 0 saturated heterocycles. The number of nitrogens with zero attached hydrogens (tertiary/aromatic N) is 4. The molecule has 2 aliphatic rings. The molecule has 0 N–H and O–H groups in total. The minimum atomic E-state index is -0.0702. The van der Waals surface area contributed by atoms with Crippen molar-refractivity contribution in [2.75, 3.05) is 0 Å². The molecule has 262 valence electrons. The standard InChI is InChI=1S/C49H40N4O/c1-3-35(49-51-47(32-16-6-4-7-17-32)50-48(52-49)33-26-27-40-39-23-13-15-25-45(39)54-46(40)29-33)36-20-10-11-21-37(36)41-30-44-42(28-31(41)2)38-22-12-14-24-43(38)53(44)34-18-8-5-9-19-34/h4-12,14-22,24-30,35,39,45H,3,13,23H2,1-2H3. The molecule has 0 spiro atoms. The van der Waals surface area contributed by atoms with Gasteiger partial charge in [0.05, 0.1) is 11.0 Å². The molecule has 3 atom stereocenters. The lowest BCUT2D eigenvalue weighted by Gasteiger charge is -2.21. The molecular formula is C49H40N4O. The summed E-state index contributed by atoms with van der Waals surface area (Å²) in [4.78, 5) is 15.6. The van der Waals surface area contributed by atoms with Gasteiger partial charge in [-0.15, -0.1) is 0 Å². The topological polar surface area (TPSA) is 52.8 Å². The van der Waals surface area contributed by atoms with Crippen molar-refractivity contribution >= 4 is 21.8 Å². The number of allylic oxidation sites excluding steroid dienone is 1. The van der Waals surface area contributed by atoms with Gasteiger partial charge in [-0.05, 0) is 90.9 Å². The van der Waals surface area contributed by atoms with Crippen LogP contribution in [0.2, 0.25) is 0 Å². The van der Waals surface area contributed by atoms with Crippen LogP contribution >= 0.6 is 0 Å². The predicted octanol–water partition coefficient (Wildman–Crippen LogP) is 12.0. The highest BCUT2D eigenvalue weighted by Gasteiger charge is 2.34. The third-order valence-electron chi connectivity index (χ3n) is 11.4. The molecule has 1 aliphatic carbocycles. The fraction of sp³-hybridized carbons (Fsp3) is 0.163. The first-order valence-electron chi connectivity index (χ1n) is 19.1. The predicted molar refractivity (Wildman–Crippen MR) is 219 cm³/mol. The van der Waals surface area contributed by atoms with E-state index in [1.165, 1.54) is 49.6 Å². The minimum Gasteiger partial charge on any atom is -0.485 e. The molecule has 0 amide bonds. The average molecular weight is 701 g/mol. The fourth-order valence-corrected chi connectivity index (χ4v) is 8.74. The van der Waals surface area contributed by atoms with E-state index in [4.69, 9.17) is 19.7 Å². The largest absolute Gasteiger partial charge is 0.485 e. The Balaban J connectivity index is 1.13. The zero-order valence-corrected chi connectivity index (χ0v) is 30.5. The number of aromatic nitrogens is 4. The van der Waals surface area contributed by atoms with Crippen molar-refractivity contribution < 1.29 is 4.74 Å². The van der Waals surface area contributed by atoms with E-state index in [2.05, 4.69) is 152 Å². The molecule has 1 aliphatic heterocycles. The highest BCUT2D eigenvalue weighted by molar-refractivity contribution is 6.10. The van der Waals surface area contributed by atoms with Gasteiger partial charge in [0.25, 0.3) is 0 Å². The van der Waals surface area contributed by atoms with E-state index in [9.17, 15) is 0 Å². The monoisotopic (exact) mass is 700 g/mol. The van der Waals surface area contributed by atoms with Gasteiger partial charge in [0.15, 0.2) is 11.6 Å². The van der Waals surface area contributed by atoms with E-state index in [0.717, 1.165) is 47.7 Å². The van der Waals surface area contributed by atoms with Crippen LogP contribution in [0.4, 0.5) is 0 Å². The number of rotatable bonds is 7. The highest BCUT2D eigenvalue weighted by Crippen LogP contribution is 2.45. The molecule has 3 unspecified atom stereocenters. The van der Waals surface area contributed by atoms with Crippen molar-refractivity contribution in [3.8, 4) is 45.3 Å². The maximum atomic E-state index is 6.46. The Morgan fingerprint density at radius 1 is 0.685 bits per heavy atom. The summed E-state index contributed by atoms with van der Waals surface area (Å²) in [7, 11) is 0. The molecule has 0 radical (unpaired) electrons. The Morgan fingerprint density at radius 2 is 1.43 bits per heavy atom. The van der Waals surface area contributed by atoms with E-state index >= 15 is 0 Å². The van der Waals surface area contributed by atoms with Crippen LogP contribution in [0.15, 0.2) is 152 Å². The normalized spacial score (nSPS) is 16.6. The van der Waals surface area contributed by atoms with Crippen molar-refractivity contribution in [3.05, 3.63) is 174 Å². The number of ether oxygens (including phenoxy) is 1. The molecule has 5 heteroatoms. The Bertz CT molecular complexity index is 2710. The number of hydrogen-bond donors (Lipinski definition) is 0. The Morgan fingerprint density at radius 3 is 2.26 bits per heavy atom. The Kier molecular flexibility index (Phi) is 7.94. The zero-order chi connectivity index (χ0) is 36.2. The van der Waals surface area contributed by atoms with Crippen molar-refractivity contribution in [2.24, 2.45) is 0 Å². The summed E-state index contributed by atoms with van der Waals surface area (Å²) in [6.07, 6.45) is 7.59. The SMILES string of the molecule is CCC(c1nc(-c2ccccc2)nc(-c2ccc3c(c2)OC2C=CCCC32)n1)c1ccccc1-c1cc2c(cc1C)c1ccccc1n2-c1ccccc1. The van der Waals surface area contributed by atoms with E-state index in [1.54, 1.807) is 0 Å². The summed E-state index contributed by atoms with van der Waals surface area (Å²) in [5, 5.41) is 2.51. The van der Waals surface area contributed by atoms with Crippen LogP contribution in [0.3, 0.4) is 0 Å². The van der Waals surface area contributed by atoms with Gasteiger partial charge in [-0.2, -0.15) is 0 Å². The van der Waals surface area contributed by atoms with E-state index in [0.29, 0.717) is 17.6 Å². The zero-order valence-electron chi connectivity index (χ0n) is 30.5. The molecule has 5 nitrogen and oxygen atoms in total. The number of hydrogen-bond acceptors (Lipinski definition) is 4. The molecule has 0 bridgehead atoms. The van der Waals surface area contributed by atoms with Gasteiger partial charge in [-0.25, -0.2) is 15.0 Å². The maximum absolute atomic E-state index is 6.46. The summed E-state index contributed by atoms with van der Waals surface area (Å²) < 4.78 is 8.85. The quantitative estimate of drug-likeness (QED) is 0.155. The third kappa shape index (κ3) is 5.42. The van der Waals surface area contributed by atoms with Crippen LogP contribution in [0.25, 0.3) is 61.4 Å². The lowest BCUT2D eigenvalue weighted by atomic mass is 9.86. The maximum Gasteiger partial charge on any atom is 0.163 e. The Hall–Kier alpha value is -6.33. The summed E-state index contributed by atoms with van der Waals surface area (Å²) in [6, 6.07) is 49.7. The first-order valence-corrected chi connectivity index (χ1v) is 19.1. The minimum absolute atomic E-state index is 0.0702. The molecular weight excluding hydrogens is 661 g/mol. The van der Waals surface area contributed by atoms with Crippen molar-refractivity contribution in [3.63, 3.8) is 0 Å². The Labute approximate surface area is 315 Å². The van der Waals surface area contributed by atoms with Crippen LogP contribution in [-0.2, 0) is 0 Å². The lowest BCUT2D eigenvalue weighted by Crippen LogP contribution is -2.18. The van der Waals surface area contributed by atoms with Crippen molar-refractivity contribution in [1.29, 1.82) is 0 Å². The van der Waals surface area contributed by atoms with Gasteiger partial charge < -0.3 is 9.30 Å². The van der Waals surface area contributed by atoms with Gasteiger partial charge in [0.1, 0.15) is 17.7 Å². The number of aryl methyl sites for hydroxylation is 1. The molecule has 2 aromatic heterocycles. The molecule has 3 heterocycles. The molecule has 10 rings (SSSR count). The smallest absolute Gasteiger partial charge is 0.163 e. The molecule has 0 saturated carbocycles.